The summed E-state index contributed by atoms with van der Waals surface area (Å²) in [7, 11) is 0. The van der Waals surface area contributed by atoms with Crippen molar-refractivity contribution in [3.63, 3.8) is 0 Å². The second-order valence-corrected chi connectivity index (χ2v) is 3.60. The molecule has 5 nitrogen and oxygen atoms in total. The Kier molecular flexibility index (Phi) is 2.15. The van der Waals surface area contributed by atoms with Crippen LogP contribution in [0.5, 0.6) is 0 Å². The third-order valence-corrected chi connectivity index (χ3v) is 2.47. The van der Waals surface area contributed by atoms with E-state index in [1.165, 1.54) is 0 Å². The van der Waals surface area contributed by atoms with Crippen LogP contribution in [-0.4, -0.2) is 10.2 Å². The molecule has 0 fully saturated rings. The lowest BCUT2D eigenvalue weighted by atomic mass is 10.1. The van der Waals surface area contributed by atoms with Crippen LogP contribution in [0.4, 0.5) is 17.7 Å². The van der Waals surface area contributed by atoms with E-state index in [1.54, 1.807) is 0 Å². The fourth-order valence-electron chi connectivity index (χ4n) is 1.73. The Bertz CT molecular complexity index is 657. The van der Waals surface area contributed by atoms with Gasteiger partial charge in [0.2, 0.25) is 0 Å². The number of anilines is 3. The van der Waals surface area contributed by atoms with Gasteiger partial charge >= 0.3 is 12.0 Å². The minimum Gasteiger partial charge on any atom is -0.389 e. The first kappa shape index (κ1) is 9.65. The van der Waals surface area contributed by atoms with Gasteiger partial charge in [-0.3, -0.25) is 0 Å². The summed E-state index contributed by atoms with van der Waals surface area (Å²) >= 11 is 0. The van der Waals surface area contributed by atoms with E-state index < -0.39 is 0 Å². The zero-order valence-corrected chi connectivity index (χ0v) is 8.92. The number of benzene rings is 2. The number of nitrogens with zero attached hydrogens (tertiary/aromatic N) is 2. The number of nitrogens with one attached hydrogen (secondary N) is 1. The third kappa shape index (κ3) is 1.78. The molecule has 0 bridgehead atoms. The van der Waals surface area contributed by atoms with Crippen molar-refractivity contribution in [1.29, 1.82) is 0 Å². The van der Waals surface area contributed by atoms with Crippen LogP contribution in [0.25, 0.3) is 10.8 Å². The van der Waals surface area contributed by atoms with Crippen molar-refractivity contribution < 1.29 is 4.42 Å². The normalized spacial score (nSPS) is 10.6. The molecule has 0 aliphatic heterocycles. The number of nitrogen functional groups attached to an aromatic ring is 1. The lowest BCUT2D eigenvalue weighted by Gasteiger charge is -2.05. The first-order valence-corrected chi connectivity index (χ1v) is 5.17. The van der Waals surface area contributed by atoms with E-state index >= 15 is 0 Å². The Balaban J connectivity index is 2.05. The number of hydrogen-bond donors (Lipinski definition) is 2. The van der Waals surface area contributed by atoms with E-state index in [1.807, 2.05) is 42.5 Å². The SMILES string of the molecule is Nc1nnc(Nc2cccc3ccccc23)o1. The monoisotopic (exact) mass is 226 g/mol. The smallest absolute Gasteiger partial charge is 0.321 e. The predicted molar refractivity (Wildman–Crippen MR) is 65.9 cm³/mol. The highest BCUT2D eigenvalue weighted by Gasteiger charge is 2.05. The lowest BCUT2D eigenvalue weighted by molar-refractivity contribution is 0.593. The van der Waals surface area contributed by atoms with Crippen molar-refractivity contribution in [1.82, 2.24) is 10.2 Å². The largest absolute Gasteiger partial charge is 0.389 e. The summed E-state index contributed by atoms with van der Waals surface area (Å²) in [6.07, 6.45) is 0. The molecule has 0 spiro atoms. The quantitative estimate of drug-likeness (QED) is 0.702. The minimum absolute atomic E-state index is 0.0488. The Hall–Kier alpha value is -2.56. The average molecular weight is 226 g/mol. The Labute approximate surface area is 97.3 Å². The highest BCUT2D eigenvalue weighted by atomic mass is 16.4. The average Bonchev–Trinajstić information content (AvgIpc) is 2.75. The van der Waals surface area contributed by atoms with Gasteiger partial charge in [0.05, 0.1) is 5.69 Å². The van der Waals surface area contributed by atoms with Crippen LogP contribution >= 0.6 is 0 Å². The van der Waals surface area contributed by atoms with Gasteiger partial charge in [0.1, 0.15) is 0 Å². The summed E-state index contributed by atoms with van der Waals surface area (Å²) in [5.41, 5.74) is 6.27. The van der Waals surface area contributed by atoms with E-state index in [9.17, 15) is 0 Å². The number of aromatic nitrogens is 2. The van der Waals surface area contributed by atoms with E-state index in [0.717, 1.165) is 16.5 Å². The first-order valence-electron chi connectivity index (χ1n) is 5.17. The molecule has 1 aromatic heterocycles. The number of fused-ring (bicyclic) bond motifs is 1. The molecule has 2 aromatic carbocycles. The van der Waals surface area contributed by atoms with E-state index in [0.29, 0.717) is 6.01 Å². The standard InChI is InChI=1S/C12H10N4O/c13-11-15-16-12(17-11)14-10-7-3-5-8-4-1-2-6-9(8)10/h1-7H,(H2,13,15)(H,14,16). The maximum absolute atomic E-state index is 5.36. The van der Waals surface area contributed by atoms with Crippen molar-refractivity contribution in [3.8, 4) is 0 Å². The molecular formula is C12H10N4O. The highest BCUT2D eigenvalue weighted by molar-refractivity contribution is 5.94. The molecule has 3 N–H and O–H groups in total. The molecule has 0 saturated heterocycles. The van der Waals surface area contributed by atoms with Crippen LogP contribution in [0.3, 0.4) is 0 Å². The van der Waals surface area contributed by atoms with E-state index in [-0.39, 0.29) is 6.01 Å². The molecule has 0 saturated carbocycles. The summed E-state index contributed by atoms with van der Waals surface area (Å²) in [4.78, 5) is 0. The van der Waals surface area contributed by atoms with Crippen LogP contribution in [0.1, 0.15) is 0 Å². The predicted octanol–water partition coefficient (Wildman–Crippen LogP) is 2.55. The van der Waals surface area contributed by atoms with E-state index in [4.69, 9.17) is 10.2 Å². The van der Waals surface area contributed by atoms with Crippen LogP contribution in [0, 0.1) is 0 Å². The van der Waals surface area contributed by atoms with Gasteiger partial charge in [-0.25, -0.2) is 0 Å². The van der Waals surface area contributed by atoms with Gasteiger partial charge in [-0.2, -0.15) is 0 Å². The van der Waals surface area contributed by atoms with E-state index in [2.05, 4.69) is 15.5 Å². The van der Waals surface area contributed by atoms with Crippen molar-refractivity contribution in [3.05, 3.63) is 42.5 Å². The topological polar surface area (TPSA) is 77.0 Å². The number of rotatable bonds is 2. The zero-order valence-electron chi connectivity index (χ0n) is 8.92. The summed E-state index contributed by atoms with van der Waals surface area (Å²) in [6.45, 7) is 0. The Morgan fingerprint density at radius 2 is 1.82 bits per heavy atom. The zero-order chi connectivity index (χ0) is 11.7. The van der Waals surface area contributed by atoms with Gasteiger partial charge in [0, 0.05) is 5.39 Å². The molecule has 84 valence electrons. The fraction of sp³-hybridized carbons (Fsp3) is 0. The van der Waals surface area contributed by atoms with Gasteiger partial charge in [-0.05, 0) is 11.5 Å². The van der Waals surface area contributed by atoms with Crippen molar-refractivity contribution in [2.75, 3.05) is 11.1 Å². The molecule has 3 rings (SSSR count). The Morgan fingerprint density at radius 3 is 2.65 bits per heavy atom. The molecule has 0 unspecified atom stereocenters. The van der Waals surface area contributed by atoms with Crippen LogP contribution in [-0.2, 0) is 0 Å². The molecule has 5 heteroatoms. The lowest BCUT2D eigenvalue weighted by Crippen LogP contribution is -1.91. The number of hydrogen-bond acceptors (Lipinski definition) is 5. The maximum atomic E-state index is 5.36. The fourth-order valence-corrected chi connectivity index (χ4v) is 1.73. The van der Waals surface area contributed by atoms with Gasteiger partial charge in [0.25, 0.3) is 0 Å². The van der Waals surface area contributed by atoms with Crippen molar-refractivity contribution in [2.45, 2.75) is 0 Å². The summed E-state index contributed by atoms with van der Waals surface area (Å²) in [6, 6.07) is 14.3. The summed E-state index contributed by atoms with van der Waals surface area (Å²) in [5, 5.41) is 12.6. The van der Waals surface area contributed by atoms with Crippen LogP contribution < -0.4 is 11.1 Å². The number of nitrogens with two attached hydrogens (primary N) is 1. The first-order chi connectivity index (χ1) is 8.33. The van der Waals surface area contributed by atoms with Crippen molar-refractivity contribution in [2.24, 2.45) is 0 Å². The molecule has 1 heterocycles. The van der Waals surface area contributed by atoms with Crippen LogP contribution in [0.2, 0.25) is 0 Å². The second-order valence-electron chi connectivity index (χ2n) is 3.60. The van der Waals surface area contributed by atoms with Gasteiger partial charge in [0.15, 0.2) is 0 Å². The molecule has 0 radical (unpaired) electrons. The maximum Gasteiger partial charge on any atom is 0.321 e. The van der Waals surface area contributed by atoms with Crippen molar-refractivity contribution >= 4 is 28.5 Å². The minimum atomic E-state index is 0.0488. The molecule has 17 heavy (non-hydrogen) atoms. The molecule has 0 aliphatic rings. The highest BCUT2D eigenvalue weighted by Crippen LogP contribution is 2.25. The van der Waals surface area contributed by atoms with Gasteiger partial charge < -0.3 is 15.5 Å². The molecule has 0 aliphatic carbocycles. The summed E-state index contributed by atoms with van der Waals surface area (Å²) < 4.78 is 5.08. The summed E-state index contributed by atoms with van der Waals surface area (Å²) in [5.74, 6) is 0. The molecular weight excluding hydrogens is 216 g/mol. The van der Waals surface area contributed by atoms with Gasteiger partial charge in [-0.1, -0.05) is 46.6 Å². The van der Waals surface area contributed by atoms with Crippen LogP contribution in [0.15, 0.2) is 46.9 Å². The van der Waals surface area contributed by atoms with Gasteiger partial charge in [-0.15, -0.1) is 0 Å². The molecule has 3 aromatic rings. The Morgan fingerprint density at radius 1 is 1.00 bits per heavy atom. The third-order valence-electron chi connectivity index (χ3n) is 2.47. The second kappa shape index (κ2) is 3.79. The molecule has 0 atom stereocenters. The molecule has 0 amide bonds.